The Labute approximate surface area is 166 Å². The minimum absolute atomic E-state index is 0. The summed E-state index contributed by atoms with van der Waals surface area (Å²) in [6, 6.07) is 15.6. The fourth-order valence-corrected chi connectivity index (χ4v) is 2.49. The van der Waals surface area contributed by atoms with E-state index < -0.39 is 0 Å². The summed E-state index contributed by atoms with van der Waals surface area (Å²) in [6.45, 7) is 2.53. The molecule has 2 aromatic rings. The molecule has 0 heterocycles. The second kappa shape index (κ2) is 11.9. The van der Waals surface area contributed by atoms with E-state index >= 15 is 0 Å². The third-order valence-corrected chi connectivity index (χ3v) is 3.96. The smallest absolute Gasteiger partial charge is 0.323 e. The molecule has 2 rings (SSSR count). The van der Waals surface area contributed by atoms with E-state index in [9.17, 15) is 9.59 Å². The van der Waals surface area contributed by atoms with Crippen LogP contribution in [-0.2, 0) is 0 Å². The molecule has 146 valence electrons. The molecule has 0 aliphatic carbocycles. The average molecular weight is 391 g/mol. The van der Waals surface area contributed by atoms with E-state index in [1.807, 2.05) is 18.2 Å². The number of hydrogen-bond donors (Lipinski definition) is 4. The molecule has 0 radical (unpaired) electrons. The maximum atomic E-state index is 12.3. The normalized spacial score (nSPS) is 11.0. The highest BCUT2D eigenvalue weighted by molar-refractivity contribution is 6.00. The van der Waals surface area contributed by atoms with Crippen molar-refractivity contribution in [3.05, 3.63) is 60.2 Å². The summed E-state index contributed by atoms with van der Waals surface area (Å²) in [4.78, 5) is 24.3. The summed E-state index contributed by atoms with van der Waals surface area (Å²) in [5.41, 5.74) is 7.57. The fraction of sp³-hybridized carbons (Fsp3) is 0.300. The zero-order valence-corrected chi connectivity index (χ0v) is 16.2. The zero-order chi connectivity index (χ0) is 18.8. The van der Waals surface area contributed by atoms with Crippen LogP contribution in [0.2, 0.25) is 0 Å². The number of unbranched alkanes of at least 4 members (excludes halogenated alkanes) is 1. The van der Waals surface area contributed by atoms with E-state index in [1.165, 1.54) is 0 Å². The number of amides is 3. The number of carbonyl (C=O) groups excluding carboxylic acids is 2. The number of rotatable bonds is 8. The maximum absolute atomic E-state index is 12.3. The van der Waals surface area contributed by atoms with Gasteiger partial charge in [0.15, 0.2) is 0 Å². The van der Waals surface area contributed by atoms with Gasteiger partial charge in [-0.3, -0.25) is 4.79 Å². The Kier molecular flexibility index (Phi) is 9.93. The second-order valence-corrected chi connectivity index (χ2v) is 6.07. The molecule has 0 aromatic heterocycles. The molecule has 1 unspecified atom stereocenters. The summed E-state index contributed by atoms with van der Waals surface area (Å²) in [5.74, 6) is -0.156. The van der Waals surface area contributed by atoms with Crippen LogP contribution < -0.4 is 21.7 Å². The number of nitrogens with one attached hydrogen (secondary N) is 3. The van der Waals surface area contributed by atoms with Crippen LogP contribution in [0, 0.1) is 0 Å². The van der Waals surface area contributed by atoms with Gasteiger partial charge in [0.25, 0.3) is 5.91 Å². The molecule has 5 N–H and O–H groups in total. The zero-order valence-electron chi connectivity index (χ0n) is 15.4. The highest BCUT2D eigenvalue weighted by Gasteiger charge is 2.12. The maximum Gasteiger partial charge on any atom is 0.323 e. The molecule has 0 saturated heterocycles. The van der Waals surface area contributed by atoms with Gasteiger partial charge in [0.1, 0.15) is 0 Å². The molecule has 0 spiro atoms. The number of hydrogen-bond acceptors (Lipinski definition) is 3. The van der Waals surface area contributed by atoms with E-state index in [2.05, 4.69) is 22.9 Å². The van der Waals surface area contributed by atoms with Gasteiger partial charge in [-0.25, -0.2) is 4.79 Å². The first-order chi connectivity index (χ1) is 12.6. The Morgan fingerprint density at radius 2 is 1.56 bits per heavy atom. The molecule has 0 fully saturated rings. The van der Waals surface area contributed by atoms with Gasteiger partial charge in [-0.15, -0.1) is 12.4 Å². The van der Waals surface area contributed by atoms with Crippen LogP contribution in [-0.4, -0.2) is 24.5 Å². The molecule has 7 heteroatoms. The molecule has 0 bridgehead atoms. The summed E-state index contributed by atoms with van der Waals surface area (Å²) in [6.07, 6.45) is 2.97. The summed E-state index contributed by atoms with van der Waals surface area (Å²) < 4.78 is 0. The van der Waals surface area contributed by atoms with E-state index in [1.54, 1.807) is 36.4 Å². The Balaban J connectivity index is 0.00000364. The van der Waals surface area contributed by atoms with Gasteiger partial charge in [-0.05, 0) is 42.8 Å². The van der Waals surface area contributed by atoms with Crippen LogP contribution in [0.1, 0.15) is 36.5 Å². The van der Waals surface area contributed by atoms with Crippen LogP contribution in [0.4, 0.5) is 16.2 Å². The first kappa shape index (κ1) is 22.5. The monoisotopic (exact) mass is 390 g/mol. The molecule has 27 heavy (non-hydrogen) atoms. The van der Waals surface area contributed by atoms with Crippen molar-refractivity contribution in [3.63, 3.8) is 0 Å². The van der Waals surface area contributed by atoms with Gasteiger partial charge in [-0.2, -0.15) is 0 Å². The predicted molar refractivity (Wildman–Crippen MR) is 113 cm³/mol. The Bertz CT molecular complexity index is 708. The van der Waals surface area contributed by atoms with Gasteiger partial charge < -0.3 is 21.7 Å². The van der Waals surface area contributed by atoms with Crippen molar-refractivity contribution < 1.29 is 9.59 Å². The fourth-order valence-electron chi connectivity index (χ4n) is 2.49. The van der Waals surface area contributed by atoms with Crippen molar-refractivity contribution in [2.45, 2.75) is 32.2 Å². The minimum atomic E-state index is -0.337. The number of carbonyl (C=O) groups is 2. The van der Waals surface area contributed by atoms with Crippen LogP contribution in [0.25, 0.3) is 0 Å². The lowest BCUT2D eigenvalue weighted by Crippen LogP contribution is -2.40. The topological polar surface area (TPSA) is 96.2 Å². The van der Waals surface area contributed by atoms with E-state index in [4.69, 9.17) is 5.73 Å². The van der Waals surface area contributed by atoms with Crippen molar-refractivity contribution in [1.82, 2.24) is 5.32 Å². The van der Waals surface area contributed by atoms with Crippen LogP contribution in [0.15, 0.2) is 54.6 Å². The van der Waals surface area contributed by atoms with Crippen molar-refractivity contribution in [3.8, 4) is 0 Å². The average Bonchev–Trinajstić information content (AvgIpc) is 2.66. The van der Waals surface area contributed by atoms with E-state index in [-0.39, 0.29) is 30.4 Å². The summed E-state index contributed by atoms with van der Waals surface area (Å²) >= 11 is 0. The highest BCUT2D eigenvalue weighted by Crippen LogP contribution is 2.12. The van der Waals surface area contributed by atoms with Gasteiger partial charge in [0.2, 0.25) is 0 Å². The molecule has 0 aliphatic rings. The lowest BCUT2D eigenvalue weighted by atomic mass is 10.1. The number of halogens is 1. The third-order valence-electron chi connectivity index (χ3n) is 3.96. The van der Waals surface area contributed by atoms with Crippen molar-refractivity contribution in [1.29, 1.82) is 0 Å². The summed E-state index contributed by atoms with van der Waals surface area (Å²) in [7, 11) is 0. The lowest BCUT2D eigenvalue weighted by Gasteiger charge is -2.16. The lowest BCUT2D eigenvalue weighted by molar-refractivity contribution is 0.0936. The van der Waals surface area contributed by atoms with Gasteiger partial charge in [0, 0.05) is 29.5 Å². The number of nitrogens with two attached hydrogens (primary N) is 1. The Hall–Kier alpha value is -2.57. The number of urea groups is 1. The third kappa shape index (κ3) is 7.68. The Morgan fingerprint density at radius 1 is 0.963 bits per heavy atom. The van der Waals surface area contributed by atoms with Gasteiger partial charge in [0.05, 0.1) is 0 Å². The number of anilines is 2. The van der Waals surface area contributed by atoms with E-state index in [0.717, 1.165) is 19.3 Å². The minimum Gasteiger partial charge on any atom is -0.348 e. The molecular formula is C20H27ClN4O2. The second-order valence-electron chi connectivity index (χ2n) is 6.07. The first-order valence-corrected chi connectivity index (χ1v) is 8.86. The molecule has 3 amide bonds. The van der Waals surface area contributed by atoms with Crippen LogP contribution in [0.5, 0.6) is 0 Å². The molecule has 2 aromatic carbocycles. The van der Waals surface area contributed by atoms with E-state index in [0.29, 0.717) is 23.5 Å². The standard InChI is InChI=1S/C20H26N4O2.ClH/c1-2-3-7-18(14-21)22-19(25)15-10-12-17(13-11-15)24-20(26)23-16-8-5-4-6-9-16;/h4-6,8-13,18H,2-3,7,14,21H2,1H3,(H,22,25)(H2,23,24,26);1H. The van der Waals surface area contributed by atoms with Gasteiger partial charge >= 0.3 is 6.03 Å². The molecule has 0 saturated carbocycles. The largest absolute Gasteiger partial charge is 0.348 e. The van der Waals surface area contributed by atoms with Crippen LogP contribution >= 0.6 is 12.4 Å². The van der Waals surface area contributed by atoms with Crippen molar-refractivity contribution in [2.75, 3.05) is 17.2 Å². The SMILES string of the molecule is CCCCC(CN)NC(=O)c1ccc(NC(=O)Nc2ccccc2)cc1.Cl. The first-order valence-electron chi connectivity index (χ1n) is 8.86. The Morgan fingerprint density at radius 3 is 2.11 bits per heavy atom. The molecule has 0 aliphatic heterocycles. The quantitative estimate of drug-likeness (QED) is 0.548. The highest BCUT2D eigenvalue weighted by atomic mass is 35.5. The molecular weight excluding hydrogens is 364 g/mol. The van der Waals surface area contributed by atoms with Crippen molar-refractivity contribution >= 4 is 35.7 Å². The molecule has 6 nitrogen and oxygen atoms in total. The molecule has 1 atom stereocenters. The van der Waals surface area contributed by atoms with Crippen molar-refractivity contribution in [2.24, 2.45) is 5.73 Å². The van der Waals surface area contributed by atoms with Crippen LogP contribution in [0.3, 0.4) is 0 Å². The number of benzene rings is 2. The predicted octanol–water partition coefficient (Wildman–Crippen LogP) is 4.00. The number of para-hydroxylation sites is 1. The summed E-state index contributed by atoms with van der Waals surface area (Å²) in [5, 5.41) is 8.42. The van der Waals surface area contributed by atoms with Gasteiger partial charge in [-0.1, -0.05) is 38.0 Å².